The number of aliphatic hydroxyl groups is 1. The van der Waals surface area contributed by atoms with Gasteiger partial charge in [0.05, 0.1) is 39.9 Å². The molecular formula is C65H119N2O6P. The van der Waals surface area contributed by atoms with Gasteiger partial charge in [0.2, 0.25) is 5.91 Å². The first-order valence-corrected chi connectivity index (χ1v) is 32.4. The van der Waals surface area contributed by atoms with Crippen LogP contribution in [0.15, 0.2) is 85.1 Å². The largest absolute Gasteiger partial charge is 0.756 e. The fourth-order valence-electron chi connectivity index (χ4n) is 8.77. The standard InChI is InChI=1S/C65H119N2O6P/c1-6-8-10-12-14-16-18-20-22-24-25-26-27-28-29-30-31-32-33-34-35-36-37-38-39-40-41-43-45-47-49-51-53-55-57-59-65(69)66-63(62-73-74(70,71)72-61-60-67(3,4)5)64(68)58-56-54-52-50-48-46-44-42-23-21-19-17-15-13-11-9-7-2/h8,10,14,16,20,22-23,25-26,42,48,50,56,58,63-64,68H,6-7,9,11-13,15,17-19,21,24,27-41,43-47,49,51-55,57,59-62H2,1-5H3,(H-,66,69,70,71)/b10-8-,16-14-,22-20-,26-25-,42-23+,50-48+,58-56+. The molecule has 8 nitrogen and oxygen atoms in total. The molecular weight excluding hydrogens is 936 g/mol. The van der Waals surface area contributed by atoms with Crippen molar-refractivity contribution in [1.29, 1.82) is 0 Å². The number of phosphoric ester groups is 1. The van der Waals surface area contributed by atoms with Crippen molar-refractivity contribution in [3.63, 3.8) is 0 Å². The summed E-state index contributed by atoms with van der Waals surface area (Å²) in [6, 6.07) is -0.912. The Morgan fingerprint density at radius 3 is 1.26 bits per heavy atom. The van der Waals surface area contributed by atoms with Crippen LogP contribution in [0.2, 0.25) is 0 Å². The number of hydrogen-bond acceptors (Lipinski definition) is 6. The molecule has 0 aromatic carbocycles. The average Bonchev–Trinajstić information content (AvgIpc) is 3.36. The molecule has 3 unspecified atom stereocenters. The third-order valence-corrected chi connectivity index (χ3v) is 14.5. The first-order valence-electron chi connectivity index (χ1n) is 30.9. The number of rotatable bonds is 56. The van der Waals surface area contributed by atoms with Gasteiger partial charge in [-0.3, -0.25) is 9.36 Å². The molecule has 0 spiro atoms. The summed E-state index contributed by atoms with van der Waals surface area (Å²) in [5.74, 6) is -0.210. The predicted molar refractivity (Wildman–Crippen MR) is 320 cm³/mol. The number of carbonyl (C=O) groups is 1. The number of nitrogens with one attached hydrogen (secondary N) is 1. The molecule has 0 aliphatic rings. The van der Waals surface area contributed by atoms with Gasteiger partial charge in [0.1, 0.15) is 13.2 Å². The highest BCUT2D eigenvalue weighted by Crippen LogP contribution is 2.38. The van der Waals surface area contributed by atoms with Gasteiger partial charge >= 0.3 is 0 Å². The summed E-state index contributed by atoms with van der Waals surface area (Å²) in [7, 11) is 1.24. The lowest BCUT2D eigenvalue weighted by Gasteiger charge is -2.29. The molecule has 0 aromatic rings. The maximum Gasteiger partial charge on any atom is 0.268 e. The van der Waals surface area contributed by atoms with Crippen LogP contribution in [0.4, 0.5) is 0 Å². The van der Waals surface area contributed by atoms with Gasteiger partial charge < -0.3 is 28.8 Å². The third kappa shape index (κ3) is 57.4. The molecule has 0 aliphatic carbocycles. The Hall–Kier alpha value is -2.32. The lowest BCUT2D eigenvalue weighted by Crippen LogP contribution is -2.45. The van der Waals surface area contributed by atoms with Gasteiger partial charge in [-0.25, -0.2) is 0 Å². The number of phosphoric acid groups is 1. The van der Waals surface area contributed by atoms with Crippen molar-refractivity contribution in [3.05, 3.63) is 85.1 Å². The highest BCUT2D eigenvalue weighted by Gasteiger charge is 2.23. The van der Waals surface area contributed by atoms with Crippen LogP contribution in [0.3, 0.4) is 0 Å². The van der Waals surface area contributed by atoms with E-state index < -0.39 is 26.6 Å². The monoisotopic (exact) mass is 1050 g/mol. The molecule has 0 saturated carbocycles. The van der Waals surface area contributed by atoms with Gasteiger partial charge in [0, 0.05) is 6.42 Å². The van der Waals surface area contributed by atoms with E-state index in [0.29, 0.717) is 17.4 Å². The zero-order valence-electron chi connectivity index (χ0n) is 49.0. The average molecular weight is 1060 g/mol. The first kappa shape index (κ1) is 71.7. The topological polar surface area (TPSA) is 108 Å². The van der Waals surface area contributed by atoms with E-state index in [4.69, 9.17) is 9.05 Å². The maximum atomic E-state index is 13.0. The van der Waals surface area contributed by atoms with Crippen LogP contribution in [0.25, 0.3) is 0 Å². The van der Waals surface area contributed by atoms with E-state index in [1.807, 2.05) is 27.2 Å². The molecule has 0 fully saturated rings. The fourth-order valence-corrected chi connectivity index (χ4v) is 9.49. The zero-order chi connectivity index (χ0) is 54.2. The summed E-state index contributed by atoms with van der Waals surface area (Å²) < 4.78 is 23.3. The Kier molecular flexibility index (Phi) is 53.7. The Labute approximate surface area is 458 Å². The van der Waals surface area contributed by atoms with Gasteiger partial charge in [-0.1, -0.05) is 266 Å². The van der Waals surface area contributed by atoms with Crippen LogP contribution < -0.4 is 10.2 Å². The Morgan fingerprint density at radius 2 is 0.838 bits per heavy atom. The summed E-state index contributed by atoms with van der Waals surface area (Å²) in [5.41, 5.74) is 0. The number of unbranched alkanes of at least 4 members (excludes halogenated alkanes) is 31. The molecule has 430 valence electrons. The number of nitrogens with zero attached hydrogens (tertiary/aromatic N) is 1. The predicted octanol–water partition coefficient (Wildman–Crippen LogP) is 18.6. The van der Waals surface area contributed by atoms with Gasteiger partial charge in [-0.2, -0.15) is 0 Å². The van der Waals surface area contributed by atoms with E-state index in [1.54, 1.807) is 6.08 Å². The van der Waals surface area contributed by atoms with Crippen molar-refractivity contribution in [3.8, 4) is 0 Å². The maximum absolute atomic E-state index is 13.0. The Bertz CT molecular complexity index is 1480. The molecule has 9 heteroatoms. The van der Waals surface area contributed by atoms with E-state index in [2.05, 4.69) is 92.1 Å². The smallest absolute Gasteiger partial charge is 0.268 e. The van der Waals surface area contributed by atoms with Crippen molar-refractivity contribution in [2.45, 2.75) is 283 Å². The van der Waals surface area contributed by atoms with E-state index in [9.17, 15) is 19.4 Å². The van der Waals surface area contributed by atoms with Crippen molar-refractivity contribution in [2.75, 3.05) is 40.9 Å². The number of amides is 1. The third-order valence-electron chi connectivity index (χ3n) is 13.6. The van der Waals surface area contributed by atoms with Crippen molar-refractivity contribution in [2.24, 2.45) is 0 Å². The summed E-state index contributed by atoms with van der Waals surface area (Å²) >= 11 is 0. The summed E-state index contributed by atoms with van der Waals surface area (Å²) in [6.07, 6.45) is 78.3. The molecule has 0 rings (SSSR count). The molecule has 0 aromatic heterocycles. The molecule has 1 amide bonds. The minimum atomic E-state index is -4.61. The van der Waals surface area contributed by atoms with Crippen LogP contribution in [-0.2, 0) is 18.4 Å². The van der Waals surface area contributed by atoms with Gasteiger partial charge in [0.15, 0.2) is 0 Å². The summed E-state index contributed by atoms with van der Waals surface area (Å²) in [6.45, 7) is 4.51. The molecule has 0 heterocycles. The quantitative estimate of drug-likeness (QED) is 0.0272. The fraction of sp³-hybridized carbons (Fsp3) is 0.769. The Morgan fingerprint density at radius 1 is 0.486 bits per heavy atom. The van der Waals surface area contributed by atoms with Crippen LogP contribution >= 0.6 is 7.82 Å². The molecule has 2 N–H and O–H groups in total. The van der Waals surface area contributed by atoms with Gasteiger partial charge in [0.25, 0.3) is 7.82 Å². The number of carbonyl (C=O) groups excluding carboxylic acids is 1. The Balaban J connectivity index is 4.05. The second kappa shape index (κ2) is 55.4. The SMILES string of the molecule is CC/C=C\C/C=C\C/C=C\C/C=C\CCCCCCCCCCCCCCCCCCCCCCCCC(=O)NC(COP(=O)([O-])OCC[N+](C)(C)C)C(O)/C=C/CC/C=C/CC/C=C/CCCCCCCCC. The lowest BCUT2D eigenvalue weighted by atomic mass is 10.0. The molecule has 0 bridgehead atoms. The number of likely N-dealkylation sites (N-methyl/N-ethyl adjacent to an activating group) is 1. The van der Waals surface area contributed by atoms with E-state index in [0.717, 1.165) is 70.6 Å². The van der Waals surface area contributed by atoms with Gasteiger partial charge in [-0.15, -0.1) is 0 Å². The number of quaternary nitrogens is 1. The van der Waals surface area contributed by atoms with E-state index in [-0.39, 0.29) is 12.5 Å². The minimum absolute atomic E-state index is 0.0102. The highest BCUT2D eigenvalue weighted by molar-refractivity contribution is 7.45. The van der Waals surface area contributed by atoms with E-state index >= 15 is 0 Å². The molecule has 0 saturated heterocycles. The minimum Gasteiger partial charge on any atom is -0.756 e. The van der Waals surface area contributed by atoms with Crippen molar-refractivity contribution in [1.82, 2.24) is 5.32 Å². The van der Waals surface area contributed by atoms with Gasteiger partial charge in [-0.05, 0) is 83.5 Å². The van der Waals surface area contributed by atoms with Crippen molar-refractivity contribution < 1.29 is 32.9 Å². The molecule has 74 heavy (non-hydrogen) atoms. The number of hydrogen-bond donors (Lipinski definition) is 2. The van der Waals surface area contributed by atoms with Crippen LogP contribution in [0, 0.1) is 0 Å². The molecule has 0 aliphatic heterocycles. The highest BCUT2D eigenvalue weighted by atomic mass is 31.2. The summed E-state index contributed by atoms with van der Waals surface area (Å²) in [4.78, 5) is 25.5. The normalized spacial score (nSPS) is 14.4. The lowest BCUT2D eigenvalue weighted by molar-refractivity contribution is -0.870. The zero-order valence-corrected chi connectivity index (χ0v) is 49.9. The van der Waals surface area contributed by atoms with E-state index in [1.165, 1.54) is 180 Å². The van der Waals surface area contributed by atoms with Crippen LogP contribution in [0.1, 0.15) is 271 Å². The summed E-state index contributed by atoms with van der Waals surface area (Å²) in [5, 5.41) is 13.9. The second-order valence-corrected chi connectivity index (χ2v) is 23.4. The first-order chi connectivity index (χ1) is 36.0. The van der Waals surface area contributed by atoms with Crippen LogP contribution in [0.5, 0.6) is 0 Å². The number of aliphatic hydroxyl groups excluding tert-OH is 1. The van der Waals surface area contributed by atoms with Crippen molar-refractivity contribution >= 4 is 13.7 Å². The molecule has 0 radical (unpaired) electrons. The van der Waals surface area contributed by atoms with Crippen LogP contribution in [-0.4, -0.2) is 68.5 Å². The second-order valence-electron chi connectivity index (χ2n) is 22.0. The molecule has 3 atom stereocenters. The number of allylic oxidation sites excluding steroid dienone is 13.